The van der Waals surface area contributed by atoms with Gasteiger partial charge >= 0.3 is 0 Å². The van der Waals surface area contributed by atoms with Crippen molar-refractivity contribution in [2.24, 2.45) is 5.92 Å². The number of imide groups is 1. The van der Waals surface area contributed by atoms with Crippen LogP contribution in [-0.2, 0) is 9.59 Å². The van der Waals surface area contributed by atoms with Crippen molar-refractivity contribution in [3.8, 4) is 0 Å². The van der Waals surface area contributed by atoms with E-state index in [1.165, 1.54) is 16.7 Å². The summed E-state index contributed by atoms with van der Waals surface area (Å²) in [6, 6.07) is 0. The maximum Gasteiger partial charge on any atom is 0.239 e. The number of aliphatic hydroxyl groups excluding tert-OH is 1. The zero-order valence-corrected chi connectivity index (χ0v) is 11.0. The summed E-state index contributed by atoms with van der Waals surface area (Å²) in [6.07, 6.45) is 3.44. The van der Waals surface area contributed by atoms with Crippen molar-refractivity contribution in [2.75, 3.05) is 18.1 Å². The normalized spacial score (nSPS) is 35.2. The lowest BCUT2D eigenvalue weighted by atomic mass is 9.76. The molecule has 2 rings (SSSR count). The fourth-order valence-electron chi connectivity index (χ4n) is 2.77. The molecule has 0 aromatic rings. The van der Waals surface area contributed by atoms with Crippen LogP contribution in [0.3, 0.4) is 0 Å². The van der Waals surface area contributed by atoms with Crippen LogP contribution in [0.25, 0.3) is 0 Å². The van der Waals surface area contributed by atoms with E-state index >= 15 is 0 Å². The predicted octanol–water partition coefficient (Wildman–Crippen LogP) is 1.03. The molecule has 1 aliphatic carbocycles. The van der Waals surface area contributed by atoms with Gasteiger partial charge in [0.15, 0.2) is 0 Å². The minimum atomic E-state index is -0.609. The molecule has 1 saturated carbocycles. The smallest absolute Gasteiger partial charge is 0.239 e. The summed E-state index contributed by atoms with van der Waals surface area (Å²) in [5, 5.41) is 9.66. The quantitative estimate of drug-likeness (QED) is 0.751. The van der Waals surface area contributed by atoms with Gasteiger partial charge in [0.2, 0.25) is 11.8 Å². The van der Waals surface area contributed by atoms with E-state index in [2.05, 4.69) is 6.92 Å². The van der Waals surface area contributed by atoms with Crippen LogP contribution in [0.15, 0.2) is 0 Å². The van der Waals surface area contributed by atoms with E-state index < -0.39 is 5.54 Å². The third-order valence-corrected chi connectivity index (χ3v) is 4.83. The molecule has 0 spiro atoms. The van der Waals surface area contributed by atoms with Crippen LogP contribution < -0.4 is 0 Å². The number of carbonyl (C=O) groups is 2. The average molecular weight is 257 g/mol. The largest absolute Gasteiger partial charge is 0.394 e. The molecule has 1 N–H and O–H groups in total. The van der Waals surface area contributed by atoms with Gasteiger partial charge in [-0.2, -0.15) is 0 Å². The molecule has 4 nitrogen and oxygen atoms in total. The van der Waals surface area contributed by atoms with Crippen LogP contribution >= 0.6 is 11.8 Å². The highest BCUT2D eigenvalue weighted by atomic mass is 32.2. The van der Waals surface area contributed by atoms with E-state index in [-0.39, 0.29) is 18.4 Å². The first kappa shape index (κ1) is 12.9. The van der Waals surface area contributed by atoms with Gasteiger partial charge in [0, 0.05) is 0 Å². The second-order valence-corrected chi connectivity index (χ2v) is 6.17. The monoisotopic (exact) mass is 257 g/mol. The minimum absolute atomic E-state index is 0.0954. The number of hydrogen-bond acceptors (Lipinski definition) is 4. The lowest BCUT2D eigenvalue weighted by Crippen LogP contribution is -2.60. The summed E-state index contributed by atoms with van der Waals surface area (Å²) in [6.45, 7) is 2.08. The third-order valence-electron chi connectivity index (χ3n) is 3.92. The number of aliphatic hydroxyl groups is 1. The molecule has 0 aromatic heterocycles. The standard InChI is InChI=1S/C12H19NO3S/c1-9-2-4-12(8-14,5-3-9)13-10(15)6-17-7-11(13)16/h9,14H,2-8H2,1H3. The Hall–Kier alpha value is -0.550. The fraction of sp³-hybridized carbons (Fsp3) is 0.833. The van der Waals surface area contributed by atoms with Crippen LogP contribution in [0, 0.1) is 5.92 Å². The van der Waals surface area contributed by atoms with Crippen molar-refractivity contribution in [1.82, 2.24) is 4.90 Å². The number of hydrogen-bond donors (Lipinski definition) is 1. The molecule has 0 atom stereocenters. The highest BCUT2D eigenvalue weighted by Crippen LogP contribution is 2.37. The fourth-order valence-corrected chi connectivity index (χ4v) is 3.48. The Balaban J connectivity index is 2.21. The van der Waals surface area contributed by atoms with Gasteiger partial charge < -0.3 is 5.11 Å². The number of nitrogens with zero attached hydrogens (tertiary/aromatic N) is 1. The van der Waals surface area contributed by atoms with E-state index in [9.17, 15) is 14.7 Å². The SMILES string of the molecule is CC1CCC(CO)(N2C(=O)CSCC2=O)CC1. The second kappa shape index (κ2) is 4.98. The first-order valence-electron chi connectivity index (χ1n) is 6.13. The molecule has 0 bridgehead atoms. The Morgan fingerprint density at radius 2 is 1.82 bits per heavy atom. The van der Waals surface area contributed by atoms with E-state index in [4.69, 9.17) is 0 Å². The van der Waals surface area contributed by atoms with Crippen LogP contribution in [0.1, 0.15) is 32.6 Å². The van der Waals surface area contributed by atoms with Gasteiger partial charge in [0.05, 0.1) is 23.7 Å². The van der Waals surface area contributed by atoms with Crippen LogP contribution in [0.4, 0.5) is 0 Å². The predicted molar refractivity (Wildman–Crippen MR) is 66.6 cm³/mol. The number of rotatable bonds is 2. The summed E-state index contributed by atoms with van der Waals surface area (Å²) < 4.78 is 0. The van der Waals surface area contributed by atoms with Crippen molar-refractivity contribution in [2.45, 2.75) is 38.1 Å². The van der Waals surface area contributed by atoms with Crippen molar-refractivity contribution in [3.63, 3.8) is 0 Å². The van der Waals surface area contributed by atoms with Crippen LogP contribution in [0.5, 0.6) is 0 Å². The Morgan fingerprint density at radius 1 is 1.29 bits per heavy atom. The maximum absolute atomic E-state index is 11.9. The lowest BCUT2D eigenvalue weighted by Gasteiger charge is -2.46. The molecule has 96 valence electrons. The van der Waals surface area contributed by atoms with E-state index in [1.807, 2.05) is 0 Å². The molecule has 0 unspecified atom stereocenters. The van der Waals surface area contributed by atoms with Crippen molar-refractivity contribution >= 4 is 23.6 Å². The molecule has 2 amide bonds. The van der Waals surface area contributed by atoms with Gasteiger partial charge in [-0.25, -0.2) is 0 Å². The Kier molecular flexibility index (Phi) is 3.78. The first-order valence-corrected chi connectivity index (χ1v) is 7.29. The molecule has 0 radical (unpaired) electrons. The Labute approximate surface area is 106 Å². The number of thioether (sulfide) groups is 1. The van der Waals surface area contributed by atoms with Gasteiger partial charge in [0.25, 0.3) is 0 Å². The highest BCUT2D eigenvalue weighted by Gasteiger charge is 2.45. The molecule has 1 aliphatic heterocycles. The molecule has 5 heteroatoms. The molecule has 1 saturated heterocycles. The van der Waals surface area contributed by atoms with Gasteiger partial charge in [-0.1, -0.05) is 6.92 Å². The van der Waals surface area contributed by atoms with Crippen LogP contribution in [0.2, 0.25) is 0 Å². The van der Waals surface area contributed by atoms with Crippen LogP contribution in [-0.4, -0.2) is 45.5 Å². The molecular weight excluding hydrogens is 238 g/mol. The van der Waals surface area contributed by atoms with Gasteiger partial charge in [-0.05, 0) is 31.6 Å². The summed E-state index contributed by atoms with van der Waals surface area (Å²) >= 11 is 1.37. The highest BCUT2D eigenvalue weighted by molar-refractivity contribution is 8.00. The summed E-state index contributed by atoms with van der Waals surface area (Å²) in [7, 11) is 0. The zero-order valence-electron chi connectivity index (χ0n) is 10.1. The molecule has 17 heavy (non-hydrogen) atoms. The molecule has 1 heterocycles. The molecule has 2 aliphatic rings. The average Bonchev–Trinajstić information content (AvgIpc) is 2.32. The topological polar surface area (TPSA) is 57.6 Å². The third kappa shape index (κ3) is 2.36. The summed E-state index contributed by atoms with van der Waals surface area (Å²) in [4.78, 5) is 25.2. The Morgan fingerprint density at radius 3 is 2.29 bits per heavy atom. The van der Waals surface area contributed by atoms with Crippen molar-refractivity contribution in [1.29, 1.82) is 0 Å². The van der Waals surface area contributed by atoms with Crippen molar-refractivity contribution < 1.29 is 14.7 Å². The first-order chi connectivity index (χ1) is 8.09. The molecule has 2 fully saturated rings. The van der Waals surface area contributed by atoms with E-state index in [0.29, 0.717) is 17.4 Å². The molecular formula is C12H19NO3S. The molecule has 0 aromatic carbocycles. The maximum atomic E-state index is 11.9. The summed E-state index contributed by atoms with van der Waals surface area (Å²) in [5.74, 6) is 1.09. The van der Waals surface area contributed by atoms with E-state index in [0.717, 1.165) is 25.7 Å². The summed E-state index contributed by atoms with van der Waals surface area (Å²) in [5.41, 5.74) is -0.609. The number of carbonyl (C=O) groups excluding carboxylic acids is 2. The van der Waals surface area contributed by atoms with Gasteiger partial charge in [-0.3, -0.25) is 14.5 Å². The minimum Gasteiger partial charge on any atom is -0.394 e. The van der Waals surface area contributed by atoms with Gasteiger partial charge in [-0.15, -0.1) is 11.8 Å². The Bertz CT molecular complexity index is 308. The zero-order chi connectivity index (χ0) is 12.5. The van der Waals surface area contributed by atoms with Crippen molar-refractivity contribution in [3.05, 3.63) is 0 Å². The second-order valence-electron chi connectivity index (χ2n) is 5.18. The van der Waals surface area contributed by atoms with Gasteiger partial charge in [0.1, 0.15) is 0 Å². The lowest BCUT2D eigenvalue weighted by molar-refractivity contribution is -0.154. The van der Waals surface area contributed by atoms with E-state index in [1.54, 1.807) is 0 Å². The number of amides is 2.